The Morgan fingerprint density at radius 1 is 1.06 bits per heavy atom. The van der Waals surface area contributed by atoms with Crippen molar-refractivity contribution in [3.63, 3.8) is 0 Å². The van der Waals surface area contributed by atoms with Gasteiger partial charge in [-0.1, -0.05) is 0 Å². The minimum absolute atomic E-state index is 0.371. The fourth-order valence-electron chi connectivity index (χ4n) is 5.19. The maximum atomic E-state index is 12.7. The Balaban J connectivity index is 1.43. The molecule has 9 heteroatoms. The first-order chi connectivity index (χ1) is 14.9. The van der Waals surface area contributed by atoms with Crippen LogP contribution in [0, 0.1) is 11.3 Å². The first-order valence-corrected chi connectivity index (χ1v) is 12.1. The van der Waals surface area contributed by atoms with Gasteiger partial charge in [0, 0.05) is 23.7 Å². The van der Waals surface area contributed by atoms with Gasteiger partial charge in [-0.3, -0.25) is 0 Å². The molecule has 1 atom stereocenters. The molecule has 31 heavy (non-hydrogen) atoms. The predicted molar refractivity (Wildman–Crippen MR) is 111 cm³/mol. The molecule has 1 unspecified atom stereocenters. The third kappa shape index (κ3) is 3.30. The number of aliphatic hydroxyl groups excluding tert-OH is 1. The topological polar surface area (TPSA) is 132 Å². The summed E-state index contributed by atoms with van der Waals surface area (Å²) in [5.41, 5.74) is 5.71. The van der Waals surface area contributed by atoms with Gasteiger partial charge in [0.15, 0.2) is 0 Å². The van der Waals surface area contributed by atoms with E-state index < -0.39 is 22.2 Å². The fourth-order valence-corrected chi connectivity index (χ4v) is 6.08. The number of nitrogens with zero attached hydrogens (tertiary/aromatic N) is 1. The Kier molecular flexibility index (Phi) is 4.79. The van der Waals surface area contributed by atoms with Gasteiger partial charge in [0.1, 0.15) is 5.76 Å². The van der Waals surface area contributed by atoms with Crippen LogP contribution in [0.15, 0.2) is 15.6 Å². The number of aryl methyl sites for hydroxylation is 1. The molecule has 1 aromatic heterocycles. The zero-order valence-electron chi connectivity index (χ0n) is 17.0. The number of sulfonamides is 1. The van der Waals surface area contributed by atoms with Crippen molar-refractivity contribution in [3.05, 3.63) is 45.2 Å². The molecule has 1 heterocycles. The Labute approximate surface area is 180 Å². The molecule has 5 rings (SSSR count). The fraction of sp³-hybridized carbons (Fsp3) is 0.455. The van der Waals surface area contributed by atoms with Crippen molar-refractivity contribution >= 4 is 21.7 Å². The number of furan rings is 1. The third-order valence-electron chi connectivity index (χ3n) is 6.54. The lowest BCUT2D eigenvalue weighted by Gasteiger charge is -2.18. The maximum absolute atomic E-state index is 12.7. The van der Waals surface area contributed by atoms with E-state index in [1.54, 1.807) is 0 Å². The summed E-state index contributed by atoms with van der Waals surface area (Å²) in [6.07, 6.45) is 5.96. The smallest absolute Gasteiger partial charge is 0.333 e. The van der Waals surface area contributed by atoms with Gasteiger partial charge in [-0.25, -0.2) is 9.52 Å². The van der Waals surface area contributed by atoms with Gasteiger partial charge >= 0.3 is 6.03 Å². The predicted octanol–water partition coefficient (Wildman–Crippen LogP) is 3.01. The molecular weight excluding hydrogens is 418 g/mol. The number of urea groups is 1. The summed E-state index contributed by atoms with van der Waals surface area (Å²) < 4.78 is 33.0. The molecule has 8 nitrogen and oxygen atoms in total. The second kappa shape index (κ2) is 7.39. The van der Waals surface area contributed by atoms with E-state index in [-0.39, 0.29) is 5.09 Å². The highest BCUT2D eigenvalue weighted by Crippen LogP contribution is 2.41. The number of amides is 2. The summed E-state index contributed by atoms with van der Waals surface area (Å²) in [5, 5.41) is 22.1. The van der Waals surface area contributed by atoms with Crippen molar-refractivity contribution in [2.75, 3.05) is 5.32 Å². The van der Waals surface area contributed by atoms with Gasteiger partial charge < -0.3 is 14.8 Å². The molecule has 0 radical (unpaired) electrons. The largest absolute Gasteiger partial charge is 0.447 e. The lowest BCUT2D eigenvalue weighted by atomic mass is 9.93. The molecule has 0 fully saturated rings. The maximum Gasteiger partial charge on any atom is 0.333 e. The Morgan fingerprint density at radius 2 is 1.71 bits per heavy atom. The van der Waals surface area contributed by atoms with Crippen molar-refractivity contribution in [3.8, 4) is 6.07 Å². The number of nitriles is 1. The van der Waals surface area contributed by atoms with Crippen LogP contribution in [-0.2, 0) is 42.1 Å². The molecule has 2 aromatic rings. The number of fused-ring (bicyclic) bond motifs is 3. The molecule has 1 aromatic carbocycles. The first-order valence-electron chi connectivity index (χ1n) is 10.6. The highest BCUT2D eigenvalue weighted by molar-refractivity contribution is 7.89. The van der Waals surface area contributed by atoms with Crippen LogP contribution in [0.2, 0.25) is 0 Å². The van der Waals surface area contributed by atoms with Crippen LogP contribution in [0.1, 0.15) is 70.9 Å². The van der Waals surface area contributed by atoms with E-state index in [4.69, 9.17) is 4.42 Å². The van der Waals surface area contributed by atoms with Gasteiger partial charge in [0.05, 0.1) is 17.7 Å². The lowest BCUT2D eigenvalue weighted by Crippen LogP contribution is -2.34. The Hall–Kier alpha value is -2.83. The summed E-state index contributed by atoms with van der Waals surface area (Å²) >= 11 is 0. The number of anilines is 1. The SMILES string of the molecule is N#Cc1c2c(c(NC(=O)NS(=O)(=O)c3cc4c(o3)CCCC4O)c3c1CCC3)CCC2. The molecule has 3 aliphatic carbocycles. The average molecular weight is 442 g/mol. The number of aliphatic hydroxyl groups is 1. The molecule has 0 saturated carbocycles. The van der Waals surface area contributed by atoms with E-state index in [0.717, 1.165) is 66.3 Å². The van der Waals surface area contributed by atoms with E-state index in [1.165, 1.54) is 6.07 Å². The standard InChI is InChI=1S/C22H23N3O5S/c23-11-17-12-4-1-6-14(12)21(15-7-2-5-13(15)17)24-22(27)25-31(28,29)20-10-16-18(26)8-3-9-19(16)30-20/h10,18,26H,1-9H2,(H2,24,25,27). The lowest BCUT2D eigenvalue weighted by molar-refractivity contribution is 0.152. The van der Waals surface area contributed by atoms with Crippen molar-refractivity contribution in [2.45, 2.75) is 69.0 Å². The third-order valence-corrected chi connectivity index (χ3v) is 7.73. The number of benzene rings is 1. The number of carbonyl (C=O) groups excluding carboxylic acids is 1. The van der Waals surface area contributed by atoms with Crippen molar-refractivity contribution < 1.29 is 22.7 Å². The zero-order chi connectivity index (χ0) is 21.8. The van der Waals surface area contributed by atoms with Crippen molar-refractivity contribution in [1.29, 1.82) is 5.26 Å². The summed E-state index contributed by atoms with van der Waals surface area (Å²) in [4.78, 5) is 12.7. The first kappa shape index (κ1) is 20.1. The van der Waals surface area contributed by atoms with Crippen LogP contribution in [-0.4, -0.2) is 19.6 Å². The molecule has 3 N–H and O–H groups in total. The number of hydrogen-bond acceptors (Lipinski definition) is 6. The second-order valence-electron chi connectivity index (χ2n) is 8.39. The van der Waals surface area contributed by atoms with Crippen molar-refractivity contribution in [2.24, 2.45) is 0 Å². The molecule has 0 spiro atoms. The molecule has 0 aliphatic heterocycles. The monoisotopic (exact) mass is 441 g/mol. The molecule has 3 aliphatic rings. The molecule has 0 saturated heterocycles. The normalized spacial score (nSPS) is 19.3. The van der Waals surface area contributed by atoms with Gasteiger partial charge in [0.2, 0.25) is 5.09 Å². The van der Waals surface area contributed by atoms with Gasteiger partial charge in [-0.05, 0) is 73.6 Å². The average Bonchev–Trinajstić information content (AvgIpc) is 3.47. The second-order valence-corrected chi connectivity index (χ2v) is 10.0. The molecule has 2 amide bonds. The zero-order valence-corrected chi connectivity index (χ0v) is 17.8. The minimum atomic E-state index is -4.23. The highest BCUT2D eigenvalue weighted by Gasteiger charge is 2.32. The number of nitrogens with one attached hydrogen (secondary N) is 2. The van der Waals surface area contributed by atoms with Crippen LogP contribution >= 0.6 is 0 Å². The van der Waals surface area contributed by atoms with Gasteiger partial charge in [-0.2, -0.15) is 13.7 Å². The number of carbonyl (C=O) groups is 1. The van der Waals surface area contributed by atoms with Crippen LogP contribution < -0.4 is 10.0 Å². The molecular formula is C22H23N3O5S. The van der Waals surface area contributed by atoms with E-state index in [9.17, 15) is 23.6 Å². The van der Waals surface area contributed by atoms with E-state index in [0.29, 0.717) is 36.3 Å². The Bertz CT molecular complexity index is 1200. The molecule has 0 bridgehead atoms. The Morgan fingerprint density at radius 3 is 2.32 bits per heavy atom. The molecule has 162 valence electrons. The van der Waals surface area contributed by atoms with E-state index in [2.05, 4.69) is 11.4 Å². The summed E-state index contributed by atoms with van der Waals surface area (Å²) in [6.45, 7) is 0. The quantitative estimate of drug-likeness (QED) is 0.671. The summed E-state index contributed by atoms with van der Waals surface area (Å²) in [6, 6.07) is 2.78. The highest BCUT2D eigenvalue weighted by atomic mass is 32.2. The van der Waals surface area contributed by atoms with E-state index in [1.807, 2.05) is 4.72 Å². The van der Waals surface area contributed by atoms with Crippen molar-refractivity contribution in [1.82, 2.24) is 4.72 Å². The summed E-state index contributed by atoms with van der Waals surface area (Å²) in [5.74, 6) is 0.447. The summed E-state index contributed by atoms with van der Waals surface area (Å²) in [7, 11) is -4.23. The van der Waals surface area contributed by atoms with Crippen LogP contribution in [0.3, 0.4) is 0 Å². The van der Waals surface area contributed by atoms with Crippen LogP contribution in [0.4, 0.5) is 10.5 Å². The minimum Gasteiger partial charge on any atom is -0.447 e. The van der Waals surface area contributed by atoms with E-state index >= 15 is 0 Å². The number of hydrogen-bond donors (Lipinski definition) is 3. The number of rotatable bonds is 3. The van der Waals surface area contributed by atoms with Gasteiger partial charge in [-0.15, -0.1) is 0 Å². The van der Waals surface area contributed by atoms with Gasteiger partial charge in [0.25, 0.3) is 10.0 Å². The van der Waals surface area contributed by atoms with Crippen LogP contribution in [0.25, 0.3) is 0 Å². The van der Waals surface area contributed by atoms with Crippen LogP contribution in [0.5, 0.6) is 0 Å².